The lowest BCUT2D eigenvalue weighted by molar-refractivity contribution is -0.141. The highest BCUT2D eigenvalue weighted by Crippen LogP contribution is 2.21. The summed E-state index contributed by atoms with van der Waals surface area (Å²) in [7, 11) is -3.54. The van der Waals surface area contributed by atoms with Crippen molar-refractivity contribution in [3.63, 3.8) is 0 Å². The van der Waals surface area contributed by atoms with Gasteiger partial charge in [0.2, 0.25) is 21.8 Å². The van der Waals surface area contributed by atoms with Gasteiger partial charge in [-0.1, -0.05) is 79.2 Å². The minimum Gasteiger partial charge on any atom is -0.355 e. The van der Waals surface area contributed by atoms with Crippen molar-refractivity contribution in [2.75, 3.05) is 23.7 Å². The van der Waals surface area contributed by atoms with Gasteiger partial charge in [-0.05, 0) is 55.5 Å². The van der Waals surface area contributed by atoms with Crippen molar-refractivity contribution in [3.8, 4) is 0 Å². The summed E-state index contributed by atoms with van der Waals surface area (Å²) in [6, 6.07) is 24.3. The number of aryl methyl sites for hydroxylation is 2. The van der Waals surface area contributed by atoms with Crippen molar-refractivity contribution in [3.05, 3.63) is 101 Å². The van der Waals surface area contributed by atoms with Crippen LogP contribution in [0.5, 0.6) is 0 Å². The van der Waals surface area contributed by atoms with Gasteiger partial charge in [-0.2, -0.15) is 0 Å². The van der Waals surface area contributed by atoms with E-state index in [1.54, 1.807) is 17.0 Å². The van der Waals surface area contributed by atoms with Crippen LogP contribution >= 0.6 is 0 Å². The number of nitrogens with zero attached hydrogens (tertiary/aromatic N) is 2. The molecule has 0 aliphatic carbocycles. The Kier molecular flexibility index (Phi) is 11.3. The first kappa shape index (κ1) is 30.9. The maximum atomic E-state index is 13.8. The summed E-state index contributed by atoms with van der Waals surface area (Å²) in [5, 5.41) is 2.90. The number of benzene rings is 3. The van der Waals surface area contributed by atoms with Gasteiger partial charge in [0.15, 0.2) is 0 Å². The predicted octanol–water partition coefficient (Wildman–Crippen LogP) is 4.88. The molecule has 0 aromatic heterocycles. The van der Waals surface area contributed by atoms with Gasteiger partial charge >= 0.3 is 0 Å². The average molecular weight is 564 g/mol. The molecule has 214 valence electrons. The normalized spacial score (nSPS) is 12.0. The molecule has 1 unspecified atom stereocenters. The summed E-state index contributed by atoms with van der Waals surface area (Å²) in [6.07, 6.45) is 2.84. The molecule has 1 atom stereocenters. The summed E-state index contributed by atoms with van der Waals surface area (Å²) in [4.78, 5) is 28.8. The molecule has 0 aliphatic heterocycles. The second-order valence-electron chi connectivity index (χ2n) is 10.1. The van der Waals surface area contributed by atoms with Gasteiger partial charge in [0, 0.05) is 32.5 Å². The average Bonchev–Trinajstić information content (AvgIpc) is 2.93. The van der Waals surface area contributed by atoms with Crippen molar-refractivity contribution in [2.45, 2.75) is 59.0 Å². The predicted molar refractivity (Wildman–Crippen MR) is 162 cm³/mol. The number of hydrogen-bond acceptors (Lipinski definition) is 4. The minimum atomic E-state index is -3.54. The van der Waals surface area contributed by atoms with Crippen LogP contribution in [0.4, 0.5) is 5.69 Å². The van der Waals surface area contributed by atoms with Crippen LogP contribution in [0.2, 0.25) is 0 Å². The van der Waals surface area contributed by atoms with E-state index in [0.29, 0.717) is 25.1 Å². The third kappa shape index (κ3) is 8.95. The number of hydrogen-bond donors (Lipinski definition) is 1. The molecule has 2 amide bonds. The van der Waals surface area contributed by atoms with Gasteiger partial charge < -0.3 is 10.2 Å². The fourth-order valence-electron chi connectivity index (χ4n) is 4.76. The molecule has 7 nitrogen and oxygen atoms in total. The van der Waals surface area contributed by atoms with Crippen molar-refractivity contribution in [1.29, 1.82) is 0 Å². The molecule has 40 heavy (non-hydrogen) atoms. The maximum absolute atomic E-state index is 13.8. The zero-order chi connectivity index (χ0) is 29.1. The van der Waals surface area contributed by atoms with Gasteiger partial charge in [0.1, 0.15) is 6.04 Å². The van der Waals surface area contributed by atoms with Crippen LogP contribution in [0, 0.1) is 6.92 Å². The van der Waals surface area contributed by atoms with Crippen LogP contribution in [-0.2, 0) is 39.0 Å². The van der Waals surface area contributed by atoms with Crippen molar-refractivity contribution < 1.29 is 18.0 Å². The molecule has 3 aromatic rings. The molecule has 0 radical (unpaired) electrons. The molecule has 1 N–H and O–H groups in total. The highest BCUT2D eigenvalue weighted by atomic mass is 32.2. The van der Waals surface area contributed by atoms with E-state index in [4.69, 9.17) is 0 Å². The van der Waals surface area contributed by atoms with Gasteiger partial charge in [-0.25, -0.2) is 8.42 Å². The summed E-state index contributed by atoms with van der Waals surface area (Å²) < 4.78 is 26.6. The van der Waals surface area contributed by atoms with Crippen LogP contribution in [-0.4, -0.2) is 50.5 Å². The van der Waals surface area contributed by atoms with Crippen LogP contribution in [0.25, 0.3) is 0 Å². The first-order valence-corrected chi connectivity index (χ1v) is 15.7. The van der Waals surface area contributed by atoms with Gasteiger partial charge in [0.05, 0.1) is 11.9 Å². The third-order valence-electron chi connectivity index (χ3n) is 6.84. The summed E-state index contributed by atoms with van der Waals surface area (Å²) in [5.41, 5.74) is 4.66. The number of anilines is 1. The second-order valence-corrected chi connectivity index (χ2v) is 12.0. The van der Waals surface area contributed by atoms with Crippen molar-refractivity contribution in [2.24, 2.45) is 0 Å². The standard InChI is InChI=1S/C32H41N3O4S/c1-5-26-17-19-29(20-18-26)35(40(4,38)39)21-11-16-31(36)34(24-28-15-10-12-25(3)22-28)30(32(37)33-6-2)23-27-13-8-7-9-14-27/h7-10,12-15,17-20,22,30H,5-6,11,16,21,23-24H2,1-4H3,(H,33,37). The van der Waals surface area contributed by atoms with Crippen molar-refractivity contribution >= 4 is 27.5 Å². The molecule has 0 spiro atoms. The lowest BCUT2D eigenvalue weighted by Gasteiger charge is -2.32. The molecule has 3 aromatic carbocycles. The molecule has 0 fully saturated rings. The number of nitrogens with one attached hydrogen (secondary N) is 1. The molecule has 3 rings (SSSR count). The van der Waals surface area contributed by atoms with Crippen LogP contribution in [0.1, 0.15) is 48.9 Å². The van der Waals surface area contributed by atoms with Crippen molar-refractivity contribution in [1.82, 2.24) is 10.2 Å². The number of sulfonamides is 1. The molecule has 0 aliphatic rings. The first-order chi connectivity index (χ1) is 19.1. The fourth-order valence-corrected chi connectivity index (χ4v) is 5.72. The Morgan fingerprint density at radius 2 is 1.55 bits per heavy atom. The Morgan fingerprint density at radius 1 is 0.875 bits per heavy atom. The number of carbonyl (C=O) groups excluding carboxylic acids is 2. The molecule has 0 heterocycles. The van der Waals surface area contributed by atoms with Gasteiger partial charge in [0.25, 0.3) is 0 Å². The minimum absolute atomic E-state index is 0.107. The Morgan fingerprint density at radius 3 is 2.15 bits per heavy atom. The van der Waals surface area contributed by atoms with E-state index in [1.165, 1.54) is 10.6 Å². The number of likely N-dealkylation sites (N-methyl/N-ethyl adjacent to an activating group) is 1. The smallest absolute Gasteiger partial charge is 0.243 e. The van der Waals surface area contributed by atoms with E-state index in [2.05, 4.69) is 5.32 Å². The molecular formula is C32H41N3O4S. The highest BCUT2D eigenvalue weighted by molar-refractivity contribution is 7.92. The monoisotopic (exact) mass is 563 g/mol. The molecule has 0 bridgehead atoms. The Balaban J connectivity index is 1.85. The quantitative estimate of drug-likeness (QED) is 0.303. The maximum Gasteiger partial charge on any atom is 0.243 e. The zero-order valence-electron chi connectivity index (χ0n) is 24.0. The van der Waals surface area contributed by atoms with Gasteiger partial charge in [-0.3, -0.25) is 13.9 Å². The SMILES string of the molecule is CCNC(=O)C(Cc1ccccc1)N(Cc1cccc(C)c1)C(=O)CCCN(c1ccc(CC)cc1)S(C)(=O)=O. The highest BCUT2D eigenvalue weighted by Gasteiger charge is 2.30. The lowest BCUT2D eigenvalue weighted by atomic mass is 10.0. The van der Waals surface area contributed by atoms with Crippen LogP contribution in [0.15, 0.2) is 78.9 Å². The molecule has 8 heteroatoms. The lowest BCUT2D eigenvalue weighted by Crippen LogP contribution is -2.50. The molecule has 0 saturated carbocycles. The van der Waals surface area contributed by atoms with E-state index >= 15 is 0 Å². The Bertz CT molecular complexity index is 1360. The van der Waals surface area contributed by atoms with E-state index in [1.807, 2.05) is 87.5 Å². The summed E-state index contributed by atoms with van der Waals surface area (Å²) in [6.45, 7) is 6.80. The van der Waals surface area contributed by atoms with Crippen LogP contribution in [0.3, 0.4) is 0 Å². The fraction of sp³-hybridized carbons (Fsp3) is 0.375. The van der Waals surface area contributed by atoms with E-state index in [-0.39, 0.29) is 31.3 Å². The second kappa shape index (κ2) is 14.7. The van der Waals surface area contributed by atoms with Crippen LogP contribution < -0.4 is 9.62 Å². The number of carbonyl (C=O) groups is 2. The van der Waals surface area contributed by atoms with Gasteiger partial charge in [-0.15, -0.1) is 0 Å². The largest absolute Gasteiger partial charge is 0.355 e. The Labute approximate surface area is 239 Å². The van der Waals surface area contributed by atoms with E-state index in [9.17, 15) is 18.0 Å². The molecular weight excluding hydrogens is 522 g/mol. The number of rotatable bonds is 14. The summed E-state index contributed by atoms with van der Waals surface area (Å²) >= 11 is 0. The summed E-state index contributed by atoms with van der Waals surface area (Å²) in [5.74, 6) is -0.399. The Hall–Kier alpha value is -3.65. The first-order valence-electron chi connectivity index (χ1n) is 13.9. The van der Waals surface area contributed by atoms with E-state index in [0.717, 1.165) is 28.7 Å². The van der Waals surface area contributed by atoms with E-state index < -0.39 is 16.1 Å². The number of amides is 2. The molecule has 0 saturated heterocycles. The zero-order valence-corrected chi connectivity index (χ0v) is 24.8. The third-order valence-corrected chi connectivity index (χ3v) is 8.04. The topological polar surface area (TPSA) is 86.8 Å².